The van der Waals surface area contributed by atoms with E-state index in [1.165, 1.54) is 25.1 Å². The van der Waals surface area contributed by atoms with E-state index >= 15 is 0 Å². The van der Waals surface area contributed by atoms with Crippen LogP contribution in [0.15, 0.2) is 59.5 Å². The van der Waals surface area contributed by atoms with Crippen molar-refractivity contribution < 1.29 is 26.9 Å². The largest absolute Gasteiger partial charge is 0.463 e. The standard InChI is InChI=1S/C21H25NO6S/c1-15(2)27-21(24)13-18(14-22-16(3)23)17-8-7-9-19(12-17)28-29(25,26)20-10-5-4-6-11-20/h4-12,15,18H,13-14H2,1-3H3,(H,22,23). The fourth-order valence-corrected chi connectivity index (χ4v) is 3.61. The lowest BCUT2D eigenvalue weighted by Gasteiger charge is -2.19. The topological polar surface area (TPSA) is 98.8 Å². The molecule has 0 saturated heterocycles. The molecule has 0 bridgehead atoms. The van der Waals surface area contributed by atoms with Crippen molar-refractivity contribution in [2.45, 2.75) is 44.1 Å². The van der Waals surface area contributed by atoms with Crippen LogP contribution in [0.25, 0.3) is 0 Å². The molecule has 0 saturated carbocycles. The van der Waals surface area contributed by atoms with Gasteiger partial charge in [-0.05, 0) is 43.7 Å². The van der Waals surface area contributed by atoms with Crippen LogP contribution in [0, 0.1) is 0 Å². The molecule has 0 spiro atoms. The Morgan fingerprint density at radius 2 is 1.72 bits per heavy atom. The van der Waals surface area contributed by atoms with Gasteiger partial charge in [0.05, 0.1) is 12.5 Å². The molecule has 1 amide bonds. The highest BCUT2D eigenvalue weighted by Gasteiger charge is 2.21. The highest BCUT2D eigenvalue weighted by molar-refractivity contribution is 7.87. The van der Waals surface area contributed by atoms with Crippen molar-refractivity contribution >= 4 is 22.0 Å². The first-order valence-electron chi connectivity index (χ1n) is 9.21. The minimum absolute atomic E-state index is 0.0351. The first kappa shape index (κ1) is 22.4. The monoisotopic (exact) mass is 419 g/mol. The smallest absolute Gasteiger partial charge is 0.339 e. The summed E-state index contributed by atoms with van der Waals surface area (Å²) in [6, 6.07) is 14.3. The van der Waals surface area contributed by atoms with E-state index in [2.05, 4.69) is 5.32 Å². The van der Waals surface area contributed by atoms with E-state index < -0.39 is 22.0 Å². The molecule has 1 N–H and O–H groups in total. The number of benzene rings is 2. The fraction of sp³-hybridized carbons (Fsp3) is 0.333. The quantitative estimate of drug-likeness (QED) is 0.496. The van der Waals surface area contributed by atoms with Gasteiger partial charge in [0.2, 0.25) is 5.91 Å². The lowest BCUT2D eigenvalue weighted by Crippen LogP contribution is -2.28. The highest BCUT2D eigenvalue weighted by Crippen LogP contribution is 2.26. The Kier molecular flexibility index (Phi) is 7.78. The minimum atomic E-state index is -3.98. The summed E-state index contributed by atoms with van der Waals surface area (Å²) in [5.74, 6) is -0.908. The number of ether oxygens (including phenoxy) is 1. The molecule has 7 nitrogen and oxygen atoms in total. The number of rotatable bonds is 9. The summed E-state index contributed by atoms with van der Waals surface area (Å²) >= 11 is 0. The van der Waals surface area contributed by atoms with Gasteiger partial charge in [-0.3, -0.25) is 9.59 Å². The van der Waals surface area contributed by atoms with Gasteiger partial charge in [0.25, 0.3) is 0 Å². The zero-order chi connectivity index (χ0) is 21.4. The average molecular weight is 419 g/mol. The van der Waals surface area contributed by atoms with Crippen molar-refractivity contribution in [1.29, 1.82) is 0 Å². The highest BCUT2D eigenvalue weighted by atomic mass is 32.2. The van der Waals surface area contributed by atoms with Crippen molar-refractivity contribution in [3.05, 3.63) is 60.2 Å². The van der Waals surface area contributed by atoms with Crippen molar-refractivity contribution in [3.63, 3.8) is 0 Å². The predicted octanol–water partition coefficient (Wildman–Crippen LogP) is 3.02. The first-order chi connectivity index (χ1) is 13.7. The maximum atomic E-state index is 12.4. The van der Waals surface area contributed by atoms with Crippen LogP contribution in [-0.4, -0.2) is 32.9 Å². The maximum Gasteiger partial charge on any atom is 0.339 e. The Bertz CT molecular complexity index is 941. The van der Waals surface area contributed by atoms with E-state index in [1.807, 2.05) is 0 Å². The molecule has 156 valence electrons. The van der Waals surface area contributed by atoms with Crippen LogP contribution in [0.5, 0.6) is 5.75 Å². The molecule has 0 heterocycles. The minimum Gasteiger partial charge on any atom is -0.463 e. The normalized spacial score (nSPS) is 12.3. The average Bonchev–Trinajstić information content (AvgIpc) is 2.65. The number of hydrogen-bond acceptors (Lipinski definition) is 6. The van der Waals surface area contributed by atoms with E-state index in [9.17, 15) is 18.0 Å². The van der Waals surface area contributed by atoms with Crippen LogP contribution in [0.3, 0.4) is 0 Å². The lowest BCUT2D eigenvalue weighted by atomic mass is 9.95. The Labute approximate surface area is 171 Å². The number of carbonyl (C=O) groups is 2. The molecule has 2 rings (SSSR count). The first-order valence-corrected chi connectivity index (χ1v) is 10.6. The van der Waals surface area contributed by atoms with Crippen LogP contribution >= 0.6 is 0 Å². The van der Waals surface area contributed by atoms with Gasteiger partial charge in [-0.2, -0.15) is 8.42 Å². The molecule has 0 aliphatic heterocycles. The Balaban J connectivity index is 2.23. The van der Waals surface area contributed by atoms with E-state index in [4.69, 9.17) is 8.92 Å². The number of carbonyl (C=O) groups excluding carboxylic acids is 2. The summed E-state index contributed by atoms with van der Waals surface area (Å²) in [7, 11) is -3.98. The van der Waals surface area contributed by atoms with Gasteiger partial charge in [0, 0.05) is 19.4 Å². The molecule has 0 radical (unpaired) electrons. The zero-order valence-electron chi connectivity index (χ0n) is 16.6. The number of hydrogen-bond donors (Lipinski definition) is 1. The summed E-state index contributed by atoms with van der Waals surface area (Å²) in [6.45, 7) is 5.10. The zero-order valence-corrected chi connectivity index (χ0v) is 17.4. The third kappa shape index (κ3) is 7.23. The maximum absolute atomic E-state index is 12.4. The van der Waals surface area contributed by atoms with Crippen LogP contribution in [0.2, 0.25) is 0 Å². The van der Waals surface area contributed by atoms with Gasteiger partial charge in [0.1, 0.15) is 10.6 Å². The molecular formula is C21H25NO6S. The van der Waals surface area contributed by atoms with Gasteiger partial charge in [-0.1, -0.05) is 30.3 Å². The molecule has 1 atom stereocenters. The lowest BCUT2D eigenvalue weighted by molar-refractivity contribution is -0.148. The Hall–Kier alpha value is -2.87. The molecule has 0 aliphatic rings. The SMILES string of the molecule is CC(=O)NCC(CC(=O)OC(C)C)c1cccc(OS(=O)(=O)c2ccccc2)c1. The summed E-state index contributed by atoms with van der Waals surface area (Å²) in [5, 5.41) is 2.69. The van der Waals surface area contributed by atoms with Crippen LogP contribution in [-0.2, 0) is 24.4 Å². The molecule has 8 heteroatoms. The second-order valence-electron chi connectivity index (χ2n) is 6.80. The molecule has 1 unspecified atom stereocenters. The third-order valence-corrected chi connectivity index (χ3v) is 5.21. The summed E-state index contributed by atoms with van der Waals surface area (Å²) in [6.07, 6.45) is -0.220. The number of esters is 1. The van der Waals surface area contributed by atoms with Gasteiger partial charge < -0.3 is 14.2 Å². The molecule has 2 aromatic rings. The molecule has 0 fully saturated rings. The van der Waals surface area contributed by atoms with E-state index in [-0.39, 0.29) is 35.6 Å². The van der Waals surface area contributed by atoms with Crippen molar-refractivity contribution in [3.8, 4) is 5.75 Å². The van der Waals surface area contributed by atoms with Crippen molar-refractivity contribution in [2.75, 3.05) is 6.54 Å². The van der Waals surface area contributed by atoms with Gasteiger partial charge in [-0.15, -0.1) is 0 Å². The van der Waals surface area contributed by atoms with Crippen LogP contribution in [0.4, 0.5) is 0 Å². The molecule has 2 aromatic carbocycles. The van der Waals surface area contributed by atoms with Crippen molar-refractivity contribution in [1.82, 2.24) is 5.32 Å². The molecule has 0 aromatic heterocycles. The summed E-state index contributed by atoms with van der Waals surface area (Å²) in [4.78, 5) is 23.5. The summed E-state index contributed by atoms with van der Waals surface area (Å²) < 4.78 is 35.3. The van der Waals surface area contributed by atoms with Crippen LogP contribution in [0.1, 0.15) is 38.7 Å². The van der Waals surface area contributed by atoms with Crippen LogP contribution < -0.4 is 9.50 Å². The Morgan fingerprint density at radius 3 is 2.34 bits per heavy atom. The van der Waals surface area contributed by atoms with Crippen molar-refractivity contribution in [2.24, 2.45) is 0 Å². The third-order valence-electron chi connectivity index (χ3n) is 3.94. The molecule has 0 aliphatic carbocycles. The van der Waals surface area contributed by atoms with Gasteiger partial charge in [-0.25, -0.2) is 0 Å². The van der Waals surface area contributed by atoms with Gasteiger partial charge >= 0.3 is 16.1 Å². The second kappa shape index (κ2) is 10.1. The second-order valence-corrected chi connectivity index (χ2v) is 8.35. The molecule has 29 heavy (non-hydrogen) atoms. The van der Waals surface area contributed by atoms with E-state index in [0.717, 1.165) is 0 Å². The summed E-state index contributed by atoms with van der Waals surface area (Å²) in [5.41, 5.74) is 0.653. The van der Waals surface area contributed by atoms with Gasteiger partial charge in [0.15, 0.2) is 0 Å². The number of nitrogens with one attached hydrogen (secondary N) is 1. The fourth-order valence-electron chi connectivity index (χ4n) is 2.67. The Morgan fingerprint density at radius 1 is 1.03 bits per heavy atom. The van der Waals surface area contributed by atoms with E-state index in [1.54, 1.807) is 50.2 Å². The predicted molar refractivity (Wildman–Crippen MR) is 108 cm³/mol. The van der Waals surface area contributed by atoms with E-state index in [0.29, 0.717) is 5.56 Å². The molecular weight excluding hydrogens is 394 g/mol. The number of amides is 1.